The highest BCUT2D eigenvalue weighted by Gasteiger charge is 2.29. The first kappa shape index (κ1) is 21.6. The number of hydrogen-bond donors (Lipinski definition) is 2. The summed E-state index contributed by atoms with van der Waals surface area (Å²) in [6.07, 6.45) is 7.92. The molecule has 0 aliphatic carbocycles. The molecule has 4 bridgehead atoms. The number of rotatable bonds is 1. The lowest BCUT2D eigenvalue weighted by atomic mass is 10.0. The van der Waals surface area contributed by atoms with E-state index < -0.39 is 0 Å². The third-order valence-electron chi connectivity index (χ3n) is 7.14. The van der Waals surface area contributed by atoms with E-state index >= 15 is 0 Å². The Morgan fingerprint density at radius 2 is 2.03 bits per heavy atom. The smallest absolute Gasteiger partial charge is 0.260 e. The molecular formula is C25H27N9O. The number of fused-ring (bicyclic) bond motifs is 6. The van der Waals surface area contributed by atoms with Gasteiger partial charge in [0.05, 0.1) is 12.2 Å². The monoisotopic (exact) mass is 469 g/mol. The van der Waals surface area contributed by atoms with E-state index in [-0.39, 0.29) is 11.9 Å². The molecule has 6 heterocycles. The van der Waals surface area contributed by atoms with Gasteiger partial charge in [0, 0.05) is 73.5 Å². The maximum absolute atomic E-state index is 13.0. The average molecular weight is 470 g/mol. The fourth-order valence-corrected chi connectivity index (χ4v) is 5.26. The number of nitrogens with zero attached hydrogens (tertiary/aromatic N) is 7. The second-order valence-electron chi connectivity index (χ2n) is 9.40. The zero-order chi connectivity index (χ0) is 24.1. The molecule has 2 N–H and O–H groups in total. The zero-order valence-corrected chi connectivity index (χ0v) is 19.9. The minimum atomic E-state index is 0.0133. The van der Waals surface area contributed by atoms with Crippen LogP contribution in [0.3, 0.4) is 0 Å². The summed E-state index contributed by atoms with van der Waals surface area (Å²) in [5.41, 5.74) is 6.03. The van der Waals surface area contributed by atoms with Gasteiger partial charge < -0.3 is 20.0 Å². The van der Waals surface area contributed by atoms with Crippen molar-refractivity contribution in [2.45, 2.75) is 45.3 Å². The molecule has 6 rings (SSSR count). The van der Waals surface area contributed by atoms with Crippen LogP contribution in [0.4, 0.5) is 5.82 Å². The molecule has 0 aromatic carbocycles. The van der Waals surface area contributed by atoms with E-state index in [1.807, 2.05) is 28.7 Å². The Morgan fingerprint density at radius 3 is 2.83 bits per heavy atom. The number of carbonyl (C=O) groups is 1. The largest absolute Gasteiger partial charge is 0.362 e. The third-order valence-corrected chi connectivity index (χ3v) is 7.14. The molecule has 0 spiro atoms. The van der Waals surface area contributed by atoms with Gasteiger partial charge in [-0.05, 0) is 31.6 Å². The van der Waals surface area contributed by atoms with Crippen molar-refractivity contribution in [3.05, 3.63) is 47.5 Å². The first-order chi connectivity index (χ1) is 17.0. The molecule has 4 aromatic rings. The molecule has 2 aliphatic rings. The van der Waals surface area contributed by atoms with E-state index in [4.69, 9.17) is 16.7 Å². The molecule has 0 unspecified atom stereocenters. The molecule has 0 radical (unpaired) electrons. The molecule has 1 saturated heterocycles. The normalized spacial score (nSPS) is 16.9. The lowest BCUT2D eigenvalue weighted by molar-refractivity contribution is -0.130. The molecule has 1 amide bonds. The SMILES string of the molecule is [C-]#[N+]c1c2c(nn1C1CCNCC1)CN(C)C(=O)CCn1cc(c(C)n1)-c1c[nH]c3ncc-2cc13. The minimum absolute atomic E-state index is 0.0133. The summed E-state index contributed by atoms with van der Waals surface area (Å²) >= 11 is 0. The van der Waals surface area contributed by atoms with Crippen molar-refractivity contribution >= 4 is 22.8 Å². The van der Waals surface area contributed by atoms with Crippen LogP contribution in [0.25, 0.3) is 38.1 Å². The van der Waals surface area contributed by atoms with Gasteiger partial charge in [-0.1, -0.05) is 6.57 Å². The number of amides is 1. The number of H-pyrrole nitrogens is 1. The number of hydrogen-bond acceptors (Lipinski definition) is 5. The Balaban J connectivity index is 1.59. The van der Waals surface area contributed by atoms with Crippen LogP contribution in [-0.4, -0.2) is 60.5 Å². The van der Waals surface area contributed by atoms with Gasteiger partial charge in [-0.2, -0.15) is 9.78 Å². The van der Waals surface area contributed by atoms with Crippen molar-refractivity contribution in [3.63, 3.8) is 0 Å². The van der Waals surface area contributed by atoms with Gasteiger partial charge in [0.1, 0.15) is 17.4 Å². The second kappa shape index (κ2) is 8.36. The minimum Gasteiger partial charge on any atom is -0.362 e. The van der Waals surface area contributed by atoms with Crippen LogP contribution in [0.5, 0.6) is 0 Å². The predicted octanol–water partition coefficient (Wildman–Crippen LogP) is 3.44. The predicted molar refractivity (Wildman–Crippen MR) is 132 cm³/mol. The van der Waals surface area contributed by atoms with Crippen LogP contribution in [0, 0.1) is 13.5 Å². The molecule has 4 aromatic heterocycles. The van der Waals surface area contributed by atoms with Gasteiger partial charge in [-0.25, -0.2) is 4.98 Å². The third kappa shape index (κ3) is 3.59. The summed E-state index contributed by atoms with van der Waals surface area (Å²) in [6, 6.07) is 2.24. The molecule has 178 valence electrons. The van der Waals surface area contributed by atoms with E-state index in [2.05, 4.69) is 26.3 Å². The second-order valence-corrected chi connectivity index (χ2v) is 9.40. The van der Waals surface area contributed by atoms with Crippen LogP contribution >= 0.6 is 0 Å². The summed E-state index contributed by atoms with van der Waals surface area (Å²) in [7, 11) is 1.80. The van der Waals surface area contributed by atoms with Crippen LogP contribution < -0.4 is 5.32 Å². The van der Waals surface area contributed by atoms with Crippen molar-refractivity contribution in [2.75, 3.05) is 20.1 Å². The van der Waals surface area contributed by atoms with Gasteiger partial charge in [-0.3, -0.25) is 9.48 Å². The number of pyridine rings is 1. The number of aromatic amines is 1. The number of aromatic nitrogens is 6. The standard InChI is InChI=1S/C25H27N9O/c1-15-20-13-33(30-15)9-6-22(35)32(3)14-21-23(16-10-18-19(20)12-29-24(18)28-11-16)25(26-2)34(31-21)17-4-7-27-8-5-17/h10-13,17,27H,4-9,14H2,1,3H3,(H,28,29). The fourth-order valence-electron chi connectivity index (χ4n) is 5.26. The van der Waals surface area contributed by atoms with E-state index in [0.717, 1.165) is 70.6 Å². The highest BCUT2D eigenvalue weighted by atomic mass is 16.2. The first-order valence-corrected chi connectivity index (χ1v) is 12.0. The first-order valence-electron chi connectivity index (χ1n) is 12.0. The van der Waals surface area contributed by atoms with Crippen LogP contribution in [-0.2, 0) is 17.9 Å². The summed E-state index contributed by atoms with van der Waals surface area (Å²) in [6.45, 7) is 12.7. The molecular weight excluding hydrogens is 442 g/mol. The quantitative estimate of drug-likeness (QED) is 0.416. The van der Waals surface area contributed by atoms with Crippen LogP contribution in [0.2, 0.25) is 0 Å². The van der Waals surface area contributed by atoms with Crippen molar-refractivity contribution < 1.29 is 4.79 Å². The van der Waals surface area contributed by atoms with E-state index in [1.54, 1.807) is 18.1 Å². The van der Waals surface area contributed by atoms with E-state index in [9.17, 15) is 4.79 Å². The van der Waals surface area contributed by atoms with E-state index in [0.29, 0.717) is 25.3 Å². The van der Waals surface area contributed by atoms with Gasteiger partial charge in [0.15, 0.2) is 0 Å². The number of aryl methyl sites for hydroxylation is 2. The number of carbonyl (C=O) groups excluding carboxylic acids is 1. The highest BCUT2D eigenvalue weighted by molar-refractivity contribution is 5.97. The lowest BCUT2D eigenvalue weighted by Gasteiger charge is -2.21. The van der Waals surface area contributed by atoms with Crippen molar-refractivity contribution in [1.29, 1.82) is 0 Å². The topological polar surface area (TPSA) is 101 Å². The van der Waals surface area contributed by atoms with Gasteiger partial charge >= 0.3 is 0 Å². The Bertz CT molecular complexity index is 1480. The van der Waals surface area contributed by atoms with Gasteiger partial charge in [0.2, 0.25) is 5.91 Å². The van der Waals surface area contributed by atoms with Crippen molar-refractivity contribution in [1.82, 2.24) is 39.7 Å². The number of piperidine rings is 1. The summed E-state index contributed by atoms with van der Waals surface area (Å²) < 4.78 is 3.73. The summed E-state index contributed by atoms with van der Waals surface area (Å²) in [5.74, 6) is 0.529. The molecule has 2 aliphatic heterocycles. The maximum atomic E-state index is 13.0. The maximum Gasteiger partial charge on any atom is 0.260 e. The van der Waals surface area contributed by atoms with Crippen LogP contribution in [0.15, 0.2) is 24.7 Å². The highest BCUT2D eigenvalue weighted by Crippen LogP contribution is 2.40. The Labute approximate surface area is 202 Å². The fraction of sp³-hybridized carbons (Fsp3) is 0.400. The molecule has 35 heavy (non-hydrogen) atoms. The van der Waals surface area contributed by atoms with Crippen LogP contribution in [0.1, 0.15) is 36.7 Å². The Hall–Kier alpha value is -3.97. The average Bonchev–Trinajstić information content (AvgIpc) is 3.56. The summed E-state index contributed by atoms with van der Waals surface area (Å²) in [4.78, 5) is 26.6. The van der Waals surface area contributed by atoms with Crippen molar-refractivity contribution in [3.8, 4) is 22.3 Å². The lowest BCUT2D eigenvalue weighted by Crippen LogP contribution is -2.30. The molecule has 0 saturated carbocycles. The van der Waals surface area contributed by atoms with Gasteiger partial charge in [0.25, 0.3) is 5.82 Å². The van der Waals surface area contributed by atoms with E-state index in [1.165, 1.54) is 0 Å². The molecule has 10 nitrogen and oxygen atoms in total. The molecule has 0 atom stereocenters. The molecule has 10 heteroatoms. The van der Waals surface area contributed by atoms with Gasteiger partial charge in [-0.15, -0.1) is 5.10 Å². The van der Waals surface area contributed by atoms with Crippen molar-refractivity contribution in [2.24, 2.45) is 0 Å². The molecule has 1 fully saturated rings. The Kier molecular flexibility index (Phi) is 5.15. The summed E-state index contributed by atoms with van der Waals surface area (Å²) in [5, 5.41) is 13.9. The number of nitrogens with one attached hydrogen (secondary N) is 2. The zero-order valence-electron chi connectivity index (χ0n) is 19.9. The Morgan fingerprint density at radius 1 is 1.20 bits per heavy atom.